The van der Waals surface area contributed by atoms with Gasteiger partial charge in [-0.1, -0.05) is 48.5 Å². The van der Waals surface area contributed by atoms with Crippen LogP contribution in [0.5, 0.6) is 0 Å². The molecule has 4 rings (SSSR count). The number of benzene rings is 3. The van der Waals surface area contributed by atoms with Crippen molar-refractivity contribution < 1.29 is 8.42 Å². The Kier molecular flexibility index (Phi) is 7.98. The predicted octanol–water partition coefficient (Wildman–Crippen LogP) is 4.56. The van der Waals surface area contributed by atoms with Crippen LogP contribution < -0.4 is 14.9 Å². The Hall–Kier alpha value is -3.16. The third-order valence-electron chi connectivity index (χ3n) is 6.15. The first-order valence-corrected chi connectivity index (χ1v) is 13.2. The van der Waals surface area contributed by atoms with E-state index in [1.54, 1.807) is 24.3 Å². The summed E-state index contributed by atoms with van der Waals surface area (Å²) in [5.41, 5.74) is 2.53. The molecular weight excluding hydrogens is 444 g/mol. The molecule has 1 saturated heterocycles. The van der Waals surface area contributed by atoms with Crippen LogP contribution in [0.1, 0.15) is 18.9 Å². The van der Waals surface area contributed by atoms with Gasteiger partial charge in [-0.3, -0.25) is 9.30 Å². The van der Waals surface area contributed by atoms with E-state index < -0.39 is 10.0 Å². The largest absolute Gasteiger partial charge is 0.385 e. The maximum atomic E-state index is 13.5. The predicted molar refractivity (Wildman–Crippen MR) is 140 cm³/mol. The van der Waals surface area contributed by atoms with Gasteiger partial charge in [-0.05, 0) is 68.1 Å². The standard InChI is InChI=1S/C27H32N4O2S/c1-2-29-27-20-28-18-17-23(27)19-30-24-13-15-25(16-14-24)31(21-22-9-5-3-6-10-22)34(32,33)26-11-7-4-8-12-26/h2-16,23,27-28,30H,17-21H2,1H3. The van der Waals surface area contributed by atoms with E-state index in [-0.39, 0.29) is 17.5 Å². The van der Waals surface area contributed by atoms with Crippen molar-refractivity contribution in [2.24, 2.45) is 10.9 Å². The molecule has 2 N–H and O–H groups in total. The zero-order chi connectivity index (χ0) is 23.8. The third-order valence-corrected chi connectivity index (χ3v) is 7.94. The summed E-state index contributed by atoms with van der Waals surface area (Å²) in [5, 5.41) is 6.93. The second-order valence-corrected chi connectivity index (χ2v) is 10.3. The molecule has 2 atom stereocenters. The summed E-state index contributed by atoms with van der Waals surface area (Å²) in [5.74, 6) is 0.463. The average Bonchev–Trinajstić information content (AvgIpc) is 2.88. The summed E-state index contributed by atoms with van der Waals surface area (Å²) in [6.45, 7) is 4.96. The number of anilines is 2. The van der Waals surface area contributed by atoms with Gasteiger partial charge in [0.2, 0.25) is 0 Å². The molecule has 178 valence electrons. The fourth-order valence-electron chi connectivity index (χ4n) is 4.28. The zero-order valence-electron chi connectivity index (χ0n) is 19.5. The molecule has 1 aliphatic heterocycles. The smallest absolute Gasteiger partial charge is 0.264 e. The second-order valence-electron chi connectivity index (χ2n) is 8.47. The molecule has 0 spiro atoms. The van der Waals surface area contributed by atoms with Gasteiger partial charge in [0.15, 0.2) is 0 Å². The van der Waals surface area contributed by atoms with Crippen LogP contribution in [0.4, 0.5) is 11.4 Å². The van der Waals surface area contributed by atoms with Crippen molar-refractivity contribution in [2.45, 2.75) is 30.8 Å². The summed E-state index contributed by atoms with van der Waals surface area (Å²) in [7, 11) is -3.72. The lowest BCUT2D eigenvalue weighted by atomic mass is 9.93. The van der Waals surface area contributed by atoms with Crippen molar-refractivity contribution in [3.63, 3.8) is 0 Å². The van der Waals surface area contributed by atoms with Gasteiger partial charge in [0.25, 0.3) is 10.0 Å². The van der Waals surface area contributed by atoms with Gasteiger partial charge in [-0.25, -0.2) is 8.42 Å². The number of hydrogen-bond acceptors (Lipinski definition) is 5. The van der Waals surface area contributed by atoms with Crippen LogP contribution in [0.3, 0.4) is 0 Å². The highest BCUT2D eigenvalue weighted by molar-refractivity contribution is 7.92. The number of hydrogen-bond donors (Lipinski definition) is 2. The van der Waals surface area contributed by atoms with E-state index in [0.717, 1.165) is 37.3 Å². The van der Waals surface area contributed by atoms with Gasteiger partial charge in [0.05, 0.1) is 23.2 Å². The minimum atomic E-state index is -3.72. The summed E-state index contributed by atoms with van der Waals surface area (Å²) in [6, 6.07) is 26.2. The third kappa shape index (κ3) is 5.85. The first-order chi connectivity index (χ1) is 16.6. The number of sulfonamides is 1. The van der Waals surface area contributed by atoms with Gasteiger partial charge in [0.1, 0.15) is 0 Å². The van der Waals surface area contributed by atoms with Crippen LogP contribution in [0.15, 0.2) is 94.8 Å². The summed E-state index contributed by atoms with van der Waals surface area (Å²) < 4.78 is 28.6. The number of rotatable bonds is 9. The molecule has 0 radical (unpaired) electrons. The molecule has 1 aliphatic rings. The van der Waals surface area contributed by atoms with Gasteiger partial charge in [-0.15, -0.1) is 0 Å². The number of nitrogens with one attached hydrogen (secondary N) is 2. The summed E-state index contributed by atoms with van der Waals surface area (Å²) >= 11 is 0. The molecule has 0 saturated carbocycles. The molecule has 3 aromatic rings. The number of aliphatic imine (C=N–C) groups is 1. The van der Waals surface area contributed by atoms with E-state index in [9.17, 15) is 8.42 Å². The molecule has 6 nitrogen and oxygen atoms in total. The normalized spacial score (nSPS) is 18.6. The van der Waals surface area contributed by atoms with Crippen LogP contribution in [-0.2, 0) is 16.6 Å². The van der Waals surface area contributed by atoms with Crippen molar-refractivity contribution >= 4 is 27.6 Å². The van der Waals surface area contributed by atoms with E-state index in [4.69, 9.17) is 0 Å². The lowest BCUT2D eigenvalue weighted by molar-refractivity contribution is 0.340. The van der Waals surface area contributed by atoms with E-state index in [1.807, 2.05) is 73.8 Å². The number of nitrogens with zero attached hydrogens (tertiary/aromatic N) is 2. The molecule has 1 heterocycles. The van der Waals surface area contributed by atoms with Gasteiger partial charge in [0, 0.05) is 24.7 Å². The lowest BCUT2D eigenvalue weighted by Crippen LogP contribution is -2.42. The molecule has 34 heavy (non-hydrogen) atoms. The first kappa shape index (κ1) is 24.0. The van der Waals surface area contributed by atoms with Gasteiger partial charge in [-0.2, -0.15) is 0 Å². The van der Waals surface area contributed by atoms with Crippen LogP contribution in [0.25, 0.3) is 0 Å². The highest BCUT2D eigenvalue weighted by atomic mass is 32.2. The molecule has 1 fully saturated rings. The molecule has 0 aliphatic carbocycles. The topological polar surface area (TPSA) is 73.8 Å². The lowest BCUT2D eigenvalue weighted by Gasteiger charge is -2.30. The highest BCUT2D eigenvalue weighted by Gasteiger charge is 2.26. The molecule has 2 unspecified atom stereocenters. The Morgan fingerprint density at radius 1 is 1.00 bits per heavy atom. The minimum absolute atomic E-state index is 0.261. The zero-order valence-corrected chi connectivity index (χ0v) is 20.3. The second kappa shape index (κ2) is 11.3. The monoisotopic (exact) mass is 476 g/mol. The quantitative estimate of drug-likeness (QED) is 0.444. The van der Waals surface area contributed by atoms with Crippen molar-refractivity contribution in [3.8, 4) is 0 Å². The van der Waals surface area contributed by atoms with Crippen molar-refractivity contribution in [2.75, 3.05) is 29.3 Å². The molecule has 0 amide bonds. The fraction of sp³-hybridized carbons (Fsp3) is 0.296. The van der Waals surface area contributed by atoms with E-state index in [0.29, 0.717) is 11.6 Å². The SMILES string of the molecule is CC=NC1CNCCC1CNc1ccc(N(Cc2ccccc2)S(=O)(=O)c2ccccc2)cc1. The molecule has 7 heteroatoms. The summed E-state index contributed by atoms with van der Waals surface area (Å²) in [4.78, 5) is 4.89. The van der Waals surface area contributed by atoms with E-state index in [2.05, 4.69) is 15.6 Å². The average molecular weight is 477 g/mol. The molecular formula is C27H32N4O2S. The van der Waals surface area contributed by atoms with Crippen LogP contribution in [0, 0.1) is 5.92 Å². The molecule has 3 aromatic carbocycles. The Bertz CT molecular complexity index is 1170. The Morgan fingerprint density at radius 2 is 1.68 bits per heavy atom. The van der Waals surface area contributed by atoms with Crippen LogP contribution in [0.2, 0.25) is 0 Å². The number of piperidine rings is 1. The Balaban J connectivity index is 1.54. The van der Waals surface area contributed by atoms with Crippen LogP contribution in [-0.4, -0.2) is 40.3 Å². The highest BCUT2D eigenvalue weighted by Crippen LogP contribution is 2.27. The molecule has 0 bridgehead atoms. The Labute approximate surface area is 202 Å². The maximum Gasteiger partial charge on any atom is 0.264 e. The van der Waals surface area contributed by atoms with Crippen molar-refractivity contribution in [1.82, 2.24) is 5.32 Å². The van der Waals surface area contributed by atoms with Crippen LogP contribution >= 0.6 is 0 Å². The van der Waals surface area contributed by atoms with Gasteiger partial charge < -0.3 is 10.6 Å². The van der Waals surface area contributed by atoms with E-state index in [1.165, 1.54) is 4.31 Å². The molecule has 0 aromatic heterocycles. The first-order valence-electron chi connectivity index (χ1n) is 11.7. The Morgan fingerprint density at radius 3 is 2.35 bits per heavy atom. The summed E-state index contributed by atoms with van der Waals surface area (Å²) in [6.07, 6.45) is 2.96. The maximum absolute atomic E-state index is 13.5. The van der Waals surface area contributed by atoms with Crippen molar-refractivity contribution in [3.05, 3.63) is 90.5 Å². The fourth-order valence-corrected chi connectivity index (χ4v) is 5.75. The van der Waals surface area contributed by atoms with Gasteiger partial charge >= 0.3 is 0 Å². The van der Waals surface area contributed by atoms with E-state index >= 15 is 0 Å². The minimum Gasteiger partial charge on any atom is -0.385 e. The van der Waals surface area contributed by atoms with Crippen molar-refractivity contribution in [1.29, 1.82) is 0 Å².